The Bertz CT molecular complexity index is 750. The summed E-state index contributed by atoms with van der Waals surface area (Å²) in [5, 5.41) is 0. The topological polar surface area (TPSA) is 27.7 Å². The van der Waals surface area contributed by atoms with Gasteiger partial charge < -0.3 is 14.2 Å². The molecule has 0 aromatic heterocycles. The smallest absolute Gasteiger partial charge is 0.131 e. The average Bonchev–Trinajstić information content (AvgIpc) is 2.64. The summed E-state index contributed by atoms with van der Waals surface area (Å²) in [6.45, 7) is 9.51. The van der Waals surface area contributed by atoms with E-state index in [9.17, 15) is 4.39 Å². The molecule has 4 heteroatoms. The fraction of sp³-hybridized carbons (Fsp3) is 0.478. The van der Waals surface area contributed by atoms with E-state index in [1.165, 1.54) is 11.6 Å². The first-order valence-corrected chi connectivity index (χ1v) is 9.39. The Balaban J connectivity index is 2.62. The third kappa shape index (κ3) is 5.30. The summed E-state index contributed by atoms with van der Waals surface area (Å²) >= 11 is 0. The Morgan fingerprint density at radius 2 is 1.70 bits per heavy atom. The van der Waals surface area contributed by atoms with E-state index in [-0.39, 0.29) is 17.3 Å². The van der Waals surface area contributed by atoms with E-state index < -0.39 is 0 Å². The van der Waals surface area contributed by atoms with E-state index in [0.29, 0.717) is 24.5 Å². The van der Waals surface area contributed by atoms with Crippen LogP contribution in [0, 0.1) is 11.2 Å². The summed E-state index contributed by atoms with van der Waals surface area (Å²) in [4.78, 5) is 0. The van der Waals surface area contributed by atoms with E-state index >= 15 is 0 Å². The molecular formula is C23H31FO3. The number of methoxy groups -OCH3 is 2. The first kappa shape index (κ1) is 21.4. The zero-order chi connectivity index (χ0) is 20.0. The first-order valence-electron chi connectivity index (χ1n) is 9.39. The van der Waals surface area contributed by atoms with Gasteiger partial charge in [0.25, 0.3) is 0 Å². The predicted octanol–water partition coefficient (Wildman–Crippen LogP) is 5.81. The van der Waals surface area contributed by atoms with Crippen molar-refractivity contribution in [2.45, 2.75) is 40.2 Å². The monoisotopic (exact) mass is 374 g/mol. The highest BCUT2D eigenvalue weighted by atomic mass is 19.1. The van der Waals surface area contributed by atoms with Gasteiger partial charge in [0, 0.05) is 12.7 Å². The van der Waals surface area contributed by atoms with Crippen LogP contribution < -0.4 is 4.74 Å². The van der Waals surface area contributed by atoms with Crippen LogP contribution >= 0.6 is 0 Å². The van der Waals surface area contributed by atoms with Crippen molar-refractivity contribution >= 4 is 0 Å². The van der Waals surface area contributed by atoms with Crippen LogP contribution in [0.15, 0.2) is 36.4 Å². The Morgan fingerprint density at radius 1 is 0.963 bits per heavy atom. The number of hydrogen-bond donors (Lipinski definition) is 0. The van der Waals surface area contributed by atoms with Crippen LogP contribution in [-0.2, 0) is 15.9 Å². The van der Waals surface area contributed by atoms with Gasteiger partial charge in [0.15, 0.2) is 0 Å². The maximum Gasteiger partial charge on any atom is 0.131 e. The number of rotatable bonds is 8. The molecule has 0 bridgehead atoms. The van der Waals surface area contributed by atoms with Gasteiger partial charge in [0.2, 0.25) is 0 Å². The molecule has 0 aliphatic heterocycles. The van der Waals surface area contributed by atoms with Crippen LogP contribution in [0.1, 0.15) is 44.9 Å². The van der Waals surface area contributed by atoms with Gasteiger partial charge in [-0.3, -0.25) is 0 Å². The van der Waals surface area contributed by atoms with E-state index in [1.807, 2.05) is 12.1 Å². The summed E-state index contributed by atoms with van der Waals surface area (Å²) in [5.74, 6) is 0.357. The first-order chi connectivity index (χ1) is 12.8. The zero-order valence-corrected chi connectivity index (χ0v) is 17.3. The lowest BCUT2D eigenvalue weighted by molar-refractivity contribution is -0.0390. The van der Waals surface area contributed by atoms with Gasteiger partial charge in [-0.2, -0.15) is 0 Å². The van der Waals surface area contributed by atoms with Crippen LogP contribution in [0.25, 0.3) is 11.1 Å². The molecule has 2 aromatic rings. The van der Waals surface area contributed by atoms with Crippen LogP contribution in [0.4, 0.5) is 4.39 Å². The van der Waals surface area contributed by atoms with Gasteiger partial charge in [0.1, 0.15) is 11.6 Å². The van der Waals surface area contributed by atoms with Crippen molar-refractivity contribution in [3.05, 3.63) is 53.3 Å². The third-order valence-corrected chi connectivity index (χ3v) is 4.63. The van der Waals surface area contributed by atoms with Crippen LogP contribution in [0.2, 0.25) is 0 Å². The molecule has 0 aliphatic rings. The molecule has 27 heavy (non-hydrogen) atoms. The van der Waals surface area contributed by atoms with E-state index in [2.05, 4.69) is 33.8 Å². The molecule has 0 heterocycles. The minimum atomic E-state index is -0.272. The lowest BCUT2D eigenvalue weighted by atomic mass is 9.80. The van der Waals surface area contributed by atoms with Crippen LogP contribution in [0.5, 0.6) is 5.75 Å². The van der Waals surface area contributed by atoms with Gasteiger partial charge in [0.05, 0.1) is 26.4 Å². The summed E-state index contributed by atoms with van der Waals surface area (Å²) in [6.07, 6.45) is 0.711. The highest BCUT2D eigenvalue weighted by molar-refractivity contribution is 5.70. The number of hydrogen-bond acceptors (Lipinski definition) is 3. The SMILES string of the molecule is CCc1ccc(-c2cc(OC)ccc2F)c([C@@H](OCCOC)C(C)(C)C)c1. The minimum Gasteiger partial charge on any atom is -0.497 e. The van der Waals surface area contributed by atoms with Gasteiger partial charge >= 0.3 is 0 Å². The normalized spacial score (nSPS) is 12.9. The number of ether oxygens (including phenoxy) is 3. The van der Waals surface area contributed by atoms with Crippen molar-refractivity contribution in [3.63, 3.8) is 0 Å². The maximum atomic E-state index is 14.7. The van der Waals surface area contributed by atoms with Gasteiger partial charge in [-0.05, 0) is 46.7 Å². The standard InChI is InChI=1S/C23H31FO3/c1-7-16-8-10-18(19-15-17(26-6)9-11-21(19)24)20(14-16)22(23(2,3)4)27-13-12-25-5/h8-11,14-15,22H,7,12-13H2,1-6H3/t22-/m1/s1. The molecule has 2 rings (SSSR count). The lowest BCUT2D eigenvalue weighted by Crippen LogP contribution is -2.24. The molecule has 0 radical (unpaired) electrons. The molecule has 0 unspecified atom stereocenters. The van der Waals surface area contributed by atoms with E-state index in [0.717, 1.165) is 17.5 Å². The van der Waals surface area contributed by atoms with E-state index in [4.69, 9.17) is 14.2 Å². The molecule has 2 aromatic carbocycles. The summed E-state index contributed by atoms with van der Waals surface area (Å²) in [5.41, 5.74) is 3.38. The zero-order valence-electron chi connectivity index (χ0n) is 17.3. The lowest BCUT2D eigenvalue weighted by Gasteiger charge is -2.33. The number of benzene rings is 2. The predicted molar refractivity (Wildman–Crippen MR) is 108 cm³/mol. The highest BCUT2D eigenvalue weighted by Crippen LogP contribution is 2.42. The van der Waals surface area contributed by atoms with Crippen molar-refractivity contribution in [2.75, 3.05) is 27.4 Å². The molecule has 148 valence electrons. The summed E-state index contributed by atoms with van der Waals surface area (Å²) < 4.78 is 31.4. The second-order valence-corrected chi connectivity index (χ2v) is 7.73. The van der Waals surface area contributed by atoms with Crippen molar-refractivity contribution in [1.82, 2.24) is 0 Å². The molecule has 0 N–H and O–H groups in total. The summed E-state index contributed by atoms with van der Waals surface area (Å²) in [6, 6.07) is 11.0. The minimum absolute atomic E-state index is 0.163. The van der Waals surface area contributed by atoms with Gasteiger partial charge in [-0.25, -0.2) is 4.39 Å². The van der Waals surface area contributed by atoms with Crippen molar-refractivity contribution in [3.8, 4) is 16.9 Å². The molecule has 1 atom stereocenters. The second-order valence-electron chi connectivity index (χ2n) is 7.73. The quantitative estimate of drug-likeness (QED) is 0.545. The Labute approximate surface area is 162 Å². The fourth-order valence-electron chi connectivity index (χ4n) is 3.19. The van der Waals surface area contributed by atoms with Crippen molar-refractivity contribution < 1.29 is 18.6 Å². The fourth-order valence-corrected chi connectivity index (χ4v) is 3.19. The molecule has 0 saturated heterocycles. The third-order valence-electron chi connectivity index (χ3n) is 4.63. The molecule has 0 aliphatic carbocycles. The highest BCUT2D eigenvalue weighted by Gasteiger charge is 2.30. The largest absolute Gasteiger partial charge is 0.497 e. The number of aryl methyl sites for hydroxylation is 1. The molecular weight excluding hydrogens is 343 g/mol. The summed E-state index contributed by atoms with van der Waals surface area (Å²) in [7, 11) is 3.24. The van der Waals surface area contributed by atoms with Crippen LogP contribution in [0.3, 0.4) is 0 Å². The molecule has 0 fully saturated rings. The second kappa shape index (κ2) is 9.34. The number of halogens is 1. The average molecular weight is 374 g/mol. The van der Waals surface area contributed by atoms with Crippen molar-refractivity contribution in [2.24, 2.45) is 5.41 Å². The molecule has 0 amide bonds. The molecule has 3 nitrogen and oxygen atoms in total. The van der Waals surface area contributed by atoms with E-state index in [1.54, 1.807) is 26.4 Å². The van der Waals surface area contributed by atoms with Gasteiger partial charge in [-0.15, -0.1) is 0 Å². The Hall–Kier alpha value is -1.91. The molecule has 0 spiro atoms. The Kier molecular flexibility index (Phi) is 7.40. The van der Waals surface area contributed by atoms with Gasteiger partial charge in [-0.1, -0.05) is 45.9 Å². The maximum absolute atomic E-state index is 14.7. The Morgan fingerprint density at radius 3 is 2.30 bits per heavy atom. The van der Waals surface area contributed by atoms with Crippen molar-refractivity contribution in [1.29, 1.82) is 0 Å². The van der Waals surface area contributed by atoms with Crippen LogP contribution in [-0.4, -0.2) is 27.4 Å². The molecule has 0 saturated carbocycles.